The number of hydrogen-bond acceptors (Lipinski definition) is 3. The third-order valence-electron chi connectivity index (χ3n) is 2.06. The quantitative estimate of drug-likeness (QED) is 0.704. The van der Waals surface area contributed by atoms with Crippen LogP contribution >= 0.6 is 0 Å². The maximum absolute atomic E-state index is 11.5. The van der Waals surface area contributed by atoms with Gasteiger partial charge in [-0.15, -0.1) is 0 Å². The minimum atomic E-state index is -3.51. The van der Waals surface area contributed by atoms with E-state index >= 15 is 0 Å². The number of hydrogen-bond donors (Lipinski definition) is 3. The number of benzene rings is 1. The molecule has 0 radical (unpaired) electrons. The van der Waals surface area contributed by atoms with Crippen molar-refractivity contribution in [3.8, 4) is 0 Å². The second kappa shape index (κ2) is 5.29. The molecule has 1 rings (SSSR count). The summed E-state index contributed by atoms with van der Waals surface area (Å²) >= 11 is 0. The molecule has 0 spiro atoms. The van der Waals surface area contributed by atoms with Crippen molar-refractivity contribution >= 4 is 15.9 Å². The first kappa shape index (κ1) is 13.0. The molecule has 0 saturated heterocycles. The molecule has 6 heteroatoms. The van der Waals surface area contributed by atoms with Crippen LogP contribution in [0.5, 0.6) is 0 Å². The normalized spacial score (nSPS) is 11.4. The van der Waals surface area contributed by atoms with Crippen molar-refractivity contribution in [1.82, 2.24) is 4.72 Å². The lowest BCUT2D eigenvalue weighted by Gasteiger charge is -2.11. The van der Waals surface area contributed by atoms with Gasteiger partial charge >= 0.3 is 0 Å². The predicted molar refractivity (Wildman–Crippen MR) is 65.5 cm³/mol. The molecule has 4 N–H and O–H groups in total. The third kappa shape index (κ3) is 3.80. The van der Waals surface area contributed by atoms with Crippen LogP contribution in [-0.2, 0) is 10.2 Å². The molecule has 1 aromatic rings. The van der Waals surface area contributed by atoms with Gasteiger partial charge in [0, 0.05) is 13.1 Å². The molecule has 16 heavy (non-hydrogen) atoms. The molecule has 0 atom stereocenters. The van der Waals surface area contributed by atoms with Gasteiger partial charge < -0.3 is 5.73 Å². The molecule has 0 fully saturated rings. The Morgan fingerprint density at radius 3 is 2.56 bits per heavy atom. The standard InChI is InChI=1S/C10H17N3O2S/c1-8-3-4-10(9(2)7-8)13-16(14,15)12-6-5-11/h3-4,7,12-13H,5-6,11H2,1-2H3. The molecule has 5 nitrogen and oxygen atoms in total. The smallest absolute Gasteiger partial charge is 0.299 e. The maximum atomic E-state index is 11.5. The summed E-state index contributed by atoms with van der Waals surface area (Å²) in [4.78, 5) is 0. The number of nitrogens with one attached hydrogen (secondary N) is 2. The van der Waals surface area contributed by atoms with Gasteiger partial charge in [-0.2, -0.15) is 13.1 Å². The van der Waals surface area contributed by atoms with Crippen LogP contribution in [-0.4, -0.2) is 21.5 Å². The average molecular weight is 243 g/mol. The Bertz CT molecular complexity index is 457. The summed E-state index contributed by atoms with van der Waals surface area (Å²) in [5, 5.41) is 0. The SMILES string of the molecule is Cc1ccc(NS(=O)(=O)NCCN)c(C)c1. The highest BCUT2D eigenvalue weighted by Crippen LogP contribution is 2.16. The van der Waals surface area contributed by atoms with Gasteiger partial charge in [-0.1, -0.05) is 17.7 Å². The minimum absolute atomic E-state index is 0.222. The fourth-order valence-corrected chi connectivity index (χ4v) is 2.28. The van der Waals surface area contributed by atoms with E-state index in [0.717, 1.165) is 11.1 Å². The third-order valence-corrected chi connectivity index (χ3v) is 3.14. The highest BCUT2D eigenvalue weighted by molar-refractivity contribution is 7.90. The molecule has 0 aliphatic rings. The lowest BCUT2D eigenvalue weighted by Crippen LogP contribution is -2.34. The summed E-state index contributed by atoms with van der Waals surface area (Å²) in [6.45, 7) is 4.31. The van der Waals surface area contributed by atoms with Gasteiger partial charge in [0.2, 0.25) is 0 Å². The van der Waals surface area contributed by atoms with E-state index in [1.165, 1.54) is 0 Å². The molecule has 1 aromatic carbocycles. The van der Waals surface area contributed by atoms with Crippen LogP contribution in [0, 0.1) is 13.8 Å². The Morgan fingerprint density at radius 2 is 2.00 bits per heavy atom. The van der Waals surface area contributed by atoms with Crippen molar-refractivity contribution in [1.29, 1.82) is 0 Å². The van der Waals surface area contributed by atoms with Gasteiger partial charge in [0.05, 0.1) is 5.69 Å². The minimum Gasteiger partial charge on any atom is -0.329 e. The number of nitrogens with two attached hydrogens (primary N) is 1. The molecule has 0 heterocycles. The van der Waals surface area contributed by atoms with Gasteiger partial charge in [-0.25, -0.2) is 0 Å². The van der Waals surface area contributed by atoms with Crippen LogP contribution in [0.15, 0.2) is 18.2 Å². The molecule has 0 aliphatic carbocycles. The van der Waals surface area contributed by atoms with Gasteiger partial charge in [0.25, 0.3) is 10.2 Å². The number of rotatable bonds is 5. The molecule has 90 valence electrons. The van der Waals surface area contributed by atoms with E-state index in [1.807, 2.05) is 26.0 Å². The van der Waals surface area contributed by atoms with Crippen LogP contribution in [0.4, 0.5) is 5.69 Å². The monoisotopic (exact) mass is 243 g/mol. The zero-order valence-corrected chi connectivity index (χ0v) is 10.3. The zero-order valence-electron chi connectivity index (χ0n) is 9.45. The van der Waals surface area contributed by atoms with Crippen molar-refractivity contribution in [3.05, 3.63) is 29.3 Å². The molecule has 0 unspecified atom stereocenters. The van der Waals surface area contributed by atoms with E-state index < -0.39 is 10.2 Å². The van der Waals surface area contributed by atoms with E-state index in [4.69, 9.17) is 5.73 Å². The van der Waals surface area contributed by atoms with Crippen LogP contribution in [0.3, 0.4) is 0 Å². The Balaban J connectivity index is 2.80. The fourth-order valence-electron chi connectivity index (χ4n) is 1.30. The predicted octanol–water partition coefficient (Wildman–Crippen LogP) is 0.508. The van der Waals surface area contributed by atoms with Gasteiger partial charge in [0.1, 0.15) is 0 Å². The van der Waals surface area contributed by atoms with Crippen molar-refractivity contribution < 1.29 is 8.42 Å². The highest BCUT2D eigenvalue weighted by Gasteiger charge is 2.09. The first-order valence-corrected chi connectivity index (χ1v) is 6.47. The second-order valence-electron chi connectivity index (χ2n) is 3.61. The molecule has 0 aliphatic heterocycles. The molecular weight excluding hydrogens is 226 g/mol. The maximum Gasteiger partial charge on any atom is 0.299 e. The van der Waals surface area contributed by atoms with Crippen LogP contribution in [0.25, 0.3) is 0 Å². The van der Waals surface area contributed by atoms with Crippen LogP contribution in [0.1, 0.15) is 11.1 Å². The first-order valence-electron chi connectivity index (χ1n) is 4.99. The Morgan fingerprint density at radius 1 is 1.31 bits per heavy atom. The summed E-state index contributed by atoms with van der Waals surface area (Å²) in [6.07, 6.45) is 0. The number of anilines is 1. The summed E-state index contributed by atoms with van der Waals surface area (Å²) in [5.41, 5.74) is 7.78. The highest BCUT2D eigenvalue weighted by atomic mass is 32.2. The van der Waals surface area contributed by atoms with Gasteiger partial charge in [-0.3, -0.25) is 4.72 Å². The average Bonchev–Trinajstić information content (AvgIpc) is 2.19. The van der Waals surface area contributed by atoms with E-state index in [-0.39, 0.29) is 13.1 Å². The van der Waals surface area contributed by atoms with Gasteiger partial charge in [0.15, 0.2) is 0 Å². The van der Waals surface area contributed by atoms with Crippen molar-refractivity contribution in [2.24, 2.45) is 5.73 Å². The molecule has 0 amide bonds. The molecular formula is C10H17N3O2S. The molecule has 0 bridgehead atoms. The van der Waals surface area contributed by atoms with E-state index in [2.05, 4.69) is 9.44 Å². The Labute approximate surface area is 96.2 Å². The fraction of sp³-hybridized carbons (Fsp3) is 0.400. The summed E-state index contributed by atoms with van der Waals surface area (Å²) in [7, 11) is -3.51. The lowest BCUT2D eigenvalue weighted by molar-refractivity contribution is 0.587. The molecule has 0 aromatic heterocycles. The first-order chi connectivity index (χ1) is 7.44. The Kier molecular flexibility index (Phi) is 4.28. The summed E-state index contributed by atoms with van der Waals surface area (Å²) < 4.78 is 27.8. The van der Waals surface area contributed by atoms with Crippen LogP contribution in [0.2, 0.25) is 0 Å². The van der Waals surface area contributed by atoms with Crippen LogP contribution < -0.4 is 15.2 Å². The van der Waals surface area contributed by atoms with Gasteiger partial charge in [-0.05, 0) is 25.5 Å². The van der Waals surface area contributed by atoms with Crippen molar-refractivity contribution in [2.45, 2.75) is 13.8 Å². The van der Waals surface area contributed by atoms with Crippen molar-refractivity contribution in [2.75, 3.05) is 17.8 Å². The molecule has 0 saturated carbocycles. The topological polar surface area (TPSA) is 84.2 Å². The number of aryl methyl sites for hydroxylation is 2. The van der Waals surface area contributed by atoms with Crippen molar-refractivity contribution in [3.63, 3.8) is 0 Å². The lowest BCUT2D eigenvalue weighted by atomic mass is 10.1. The largest absolute Gasteiger partial charge is 0.329 e. The van der Waals surface area contributed by atoms with E-state index in [0.29, 0.717) is 5.69 Å². The zero-order chi connectivity index (χ0) is 12.2. The Hall–Kier alpha value is -1.11. The van der Waals surface area contributed by atoms with E-state index in [9.17, 15) is 8.42 Å². The second-order valence-corrected chi connectivity index (χ2v) is 5.11. The summed E-state index contributed by atoms with van der Waals surface area (Å²) in [5.74, 6) is 0. The van der Waals surface area contributed by atoms with E-state index in [1.54, 1.807) is 6.07 Å². The summed E-state index contributed by atoms with van der Waals surface area (Å²) in [6, 6.07) is 5.51.